The standard InChI is InChI=1S/C19H20ClN3O3S/c1-13(18-11-14-10-15(20)4-6-17(14)26-18)22-19-7-5-16(12-21-19)27(24,25)23-8-2-3-9-23/h4-7,10-13H,2-3,8-9H2,1H3,(H,21,22). The van der Waals surface area contributed by atoms with Gasteiger partial charge < -0.3 is 9.73 Å². The number of sulfonamides is 1. The molecule has 1 atom stereocenters. The minimum Gasteiger partial charge on any atom is -0.459 e. The van der Waals surface area contributed by atoms with Crippen molar-refractivity contribution in [3.8, 4) is 0 Å². The Kier molecular flexibility index (Phi) is 4.84. The fourth-order valence-electron chi connectivity index (χ4n) is 3.24. The Labute approximate surface area is 163 Å². The Hall–Kier alpha value is -2.09. The molecule has 1 aliphatic rings. The molecule has 0 bridgehead atoms. The molecule has 1 aromatic carbocycles. The monoisotopic (exact) mass is 405 g/mol. The lowest BCUT2D eigenvalue weighted by Gasteiger charge is -2.16. The summed E-state index contributed by atoms with van der Waals surface area (Å²) in [4.78, 5) is 4.49. The van der Waals surface area contributed by atoms with Gasteiger partial charge in [-0.05, 0) is 56.2 Å². The van der Waals surface area contributed by atoms with E-state index in [1.807, 2.05) is 25.1 Å². The van der Waals surface area contributed by atoms with Crippen LogP contribution in [0.25, 0.3) is 11.0 Å². The van der Waals surface area contributed by atoms with Gasteiger partial charge in [0, 0.05) is 29.7 Å². The van der Waals surface area contributed by atoms with Crippen molar-refractivity contribution in [2.45, 2.75) is 30.7 Å². The van der Waals surface area contributed by atoms with E-state index < -0.39 is 10.0 Å². The van der Waals surface area contributed by atoms with Crippen LogP contribution in [0.3, 0.4) is 0 Å². The van der Waals surface area contributed by atoms with Crippen LogP contribution in [0, 0.1) is 0 Å². The normalized spacial score (nSPS) is 16.7. The molecule has 2 aromatic heterocycles. The summed E-state index contributed by atoms with van der Waals surface area (Å²) in [6, 6.07) is 10.6. The first kappa shape index (κ1) is 18.3. The Morgan fingerprint density at radius 3 is 2.67 bits per heavy atom. The molecule has 0 amide bonds. The van der Waals surface area contributed by atoms with E-state index in [-0.39, 0.29) is 10.9 Å². The molecule has 0 radical (unpaired) electrons. The van der Waals surface area contributed by atoms with Crippen molar-refractivity contribution in [2.24, 2.45) is 0 Å². The third-order valence-electron chi connectivity index (χ3n) is 4.73. The Morgan fingerprint density at radius 1 is 1.19 bits per heavy atom. The predicted molar refractivity (Wildman–Crippen MR) is 105 cm³/mol. The molecule has 142 valence electrons. The molecule has 1 unspecified atom stereocenters. The number of halogens is 1. The number of fused-ring (bicyclic) bond motifs is 1. The summed E-state index contributed by atoms with van der Waals surface area (Å²) in [5.74, 6) is 1.34. The van der Waals surface area contributed by atoms with Crippen molar-refractivity contribution in [2.75, 3.05) is 18.4 Å². The number of aromatic nitrogens is 1. The summed E-state index contributed by atoms with van der Waals surface area (Å²) in [6.45, 7) is 3.11. The second-order valence-electron chi connectivity index (χ2n) is 6.69. The zero-order valence-electron chi connectivity index (χ0n) is 14.9. The van der Waals surface area contributed by atoms with Crippen molar-refractivity contribution < 1.29 is 12.8 Å². The van der Waals surface area contributed by atoms with Gasteiger partial charge in [-0.3, -0.25) is 0 Å². The predicted octanol–water partition coefficient (Wildman–Crippen LogP) is 4.44. The van der Waals surface area contributed by atoms with Crippen LogP contribution in [0.4, 0.5) is 5.82 Å². The van der Waals surface area contributed by atoms with E-state index in [2.05, 4.69) is 10.3 Å². The highest BCUT2D eigenvalue weighted by Gasteiger charge is 2.27. The number of hydrogen-bond donors (Lipinski definition) is 1. The van der Waals surface area contributed by atoms with Crippen LogP contribution in [0.2, 0.25) is 5.02 Å². The average Bonchev–Trinajstić information content (AvgIpc) is 3.32. The van der Waals surface area contributed by atoms with Gasteiger partial charge in [-0.1, -0.05) is 11.6 Å². The van der Waals surface area contributed by atoms with Crippen molar-refractivity contribution in [1.82, 2.24) is 9.29 Å². The first-order valence-electron chi connectivity index (χ1n) is 8.85. The molecule has 1 N–H and O–H groups in total. The van der Waals surface area contributed by atoms with E-state index in [0.717, 1.165) is 29.6 Å². The van der Waals surface area contributed by atoms with Crippen LogP contribution in [-0.4, -0.2) is 30.8 Å². The van der Waals surface area contributed by atoms with Crippen LogP contribution >= 0.6 is 11.6 Å². The van der Waals surface area contributed by atoms with Crippen LogP contribution < -0.4 is 5.32 Å². The van der Waals surface area contributed by atoms with Crippen molar-refractivity contribution >= 4 is 38.4 Å². The molecule has 27 heavy (non-hydrogen) atoms. The highest BCUT2D eigenvalue weighted by molar-refractivity contribution is 7.89. The molecule has 1 fully saturated rings. The van der Waals surface area contributed by atoms with Crippen LogP contribution in [0.1, 0.15) is 31.6 Å². The SMILES string of the molecule is CC(Nc1ccc(S(=O)(=O)N2CCCC2)cn1)c1cc2cc(Cl)ccc2o1. The highest BCUT2D eigenvalue weighted by Crippen LogP contribution is 2.28. The second-order valence-corrected chi connectivity index (χ2v) is 9.06. The van der Waals surface area contributed by atoms with Crippen LogP contribution in [0.15, 0.2) is 51.9 Å². The van der Waals surface area contributed by atoms with Gasteiger partial charge in [0.1, 0.15) is 22.1 Å². The first-order chi connectivity index (χ1) is 12.9. The van der Waals surface area contributed by atoms with E-state index in [0.29, 0.717) is 23.9 Å². The van der Waals surface area contributed by atoms with Crippen molar-refractivity contribution in [3.63, 3.8) is 0 Å². The quantitative estimate of drug-likeness (QED) is 0.679. The topological polar surface area (TPSA) is 75.4 Å². The van der Waals surface area contributed by atoms with E-state index in [9.17, 15) is 8.42 Å². The number of furan rings is 1. The summed E-state index contributed by atoms with van der Waals surface area (Å²) < 4.78 is 32.5. The number of anilines is 1. The molecule has 0 saturated carbocycles. The number of nitrogens with one attached hydrogen (secondary N) is 1. The Balaban J connectivity index is 1.50. The van der Waals surface area contributed by atoms with E-state index in [1.165, 1.54) is 10.5 Å². The van der Waals surface area contributed by atoms with Gasteiger partial charge in [-0.15, -0.1) is 0 Å². The van der Waals surface area contributed by atoms with Gasteiger partial charge in [-0.2, -0.15) is 4.31 Å². The number of nitrogens with zero attached hydrogens (tertiary/aromatic N) is 2. The molecule has 1 saturated heterocycles. The summed E-state index contributed by atoms with van der Waals surface area (Å²) in [5, 5.41) is 4.83. The van der Waals surface area contributed by atoms with Crippen molar-refractivity contribution in [3.05, 3.63) is 53.4 Å². The molecular formula is C19H20ClN3O3S. The van der Waals surface area contributed by atoms with E-state index >= 15 is 0 Å². The minimum atomic E-state index is -3.45. The number of benzene rings is 1. The third kappa shape index (κ3) is 3.67. The molecule has 8 heteroatoms. The number of pyridine rings is 1. The first-order valence-corrected chi connectivity index (χ1v) is 10.7. The number of hydrogen-bond acceptors (Lipinski definition) is 5. The third-order valence-corrected chi connectivity index (χ3v) is 6.85. The Morgan fingerprint density at radius 2 is 1.96 bits per heavy atom. The average molecular weight is 406 g/mol. The van der Waals surface area contributed by atoms with E-state index in [4.69, 9.17) is 16.0 Å². The molecule has 6 nitrogen and oxygen atoms in total. The van der Waals surface area contributed by atoms with Crippen LogP contribution in [-0.2, 0) is 10.0 Å². The van der Waals surface area contributed by atoms with Gasteiger partial charge >= 0.3 is 0 Å². The molecule has 1 aliphatic heterocycles. The molecule has 3 aromatic rings. The highest BCUT2D eigenvalue weighted by atomic mass is 35.5. The minimum absolute atomic E-state index is 0.135. The van der Waals surface area contributed by atoms with Gasteiger partial charge in [0.2, 0.25) is 10.0 Å². The van der Waals surface area contributed by atoms with Gasteiger partial charge in [0.25, 0.3) is 0 Å². The fourth-order valence-corrected chi connectivity index (χ4v) is 4.88. The molecule has 0 aliphatic carbocycles. The Bertz CT molecular complexity index is 1060. The molecular weight excluding hydrogens is 386 g/mol. The van der Waals surface area contributed by atoms with E-state index in [1.54, 1.807) is 18.2 Å². The van der Waals surface area contributed by atoms with Gasteiger partial charge in [0.05, 0.1) is 6.04 Å². The fraction of sp³-hybridized carbons (Fsp3) is 0.316. The lowest BCUT2D eigenvalue weighted by Crippen LogP contribution is -2.27. The number of rotatable bonds is 5. The summed E-state index contributed by atoms with van der Waals surface area (Å²) in [7, 11) is -3.45. The van der Waals surface area contributed by atoms with Crippen LogP contribution in [0.5, 0.6) is 0 Å². The lowest BCUT2D eigenvalue weighted by molar-refractivity contribution is 0.477. The second kappa shape index (κ2) is 7.14. The molecule has 0 spiro atoms. The lowest BCUT2D eigenvalue weighted by atomic mass is 10.2. The van der Waals surface area contributed by atoms with Gasteiger partial charge in [-0.25, -0.2) is 13.4 Å². The molecule has 4 rings (SSSR count). The smallest absolute Gasteiger partial charge is 0.244 e. The summed E-state index contributed by atoms with van der Waals surface area (Å²) in [5.41, 5.74) is 0.767. The summed E-state index contributed by atoms with van der Waals surface area (Å²) in [6.07, 6.45) is 3.22. The maximum absolute atomic E-state index is 12.6. The largest absolute Gasteiger partial charge is 0.459 e. The zero-order chi connectivity index (χ0) is 19.0. The van der Waals surface area contributed by atoms with Gasteiger partial charge in [0.15, 0.2) is 0 Å². The van der Waals surface area contributed by atoms with Crippen molar-refractivity contribution in [1.29, 1.82) is 0 Å². The zero-order valence-corrected chi connectivity index (χ0v) is 16.4. The maximum atomic E-state index is 12.6. The summed E-state index contributed by atoms with van der Waals surface area (Å²) >= 11 is 6.02. The molecule has 3 heterocycles. The maximum Gasteiger partial charge on any atom is 0.244 e.